The first-order chi connectivity index (χ1) is 19.5. The zero-order valence-corrected chi connectivity index (χ0v) is 27.1. The number of carbonyl (C=O) groups is 2. The molecule has 0 amide bonds. The highest BCUT2D eigenvalue weighted by atomic mass is 16.4. The summed E-state index contributed by atoms with van der Waals surface area (Å²) in [5, 5.41) is 17.7. The summed E-state index contributed by atoms with van der Waals surface area (Å²) in [4.78, 5) is 21.5. The first-order valence-corrected chi connectivity index (χ1v) is 17.9. The normalized spacial score (nSPS) is 12.9. The van der Waals surface area contributed by atoms with Gasteiger partial charge in [-0.25, -0.2) is 0 Å². The van der Waals surface area contributed by atoms with E-state index in [4.69, 9.17) is 10.2 Å². The third kappa shape index (κ3) is 28.5. The van der Waals surface area contributed by atoms with Crippen LogP contribution < -0.4 is 0 Å². The van der Waals surface area contributed by atoms with Gasteiger partial charge in [-0.1, -0.05) is 181 Å². The van der Waals surface area contributed by atoms with Crippen molar-refractivity contribution in [3.63, 3.8) is 0 Å². The van der Waals surface area contributed by atoms with Crippen LogP contribution in [0.15, 0.2) is 0 Å². The monoisotopic (exact) mass is 567 g/mol. The topological polar surface area (TPSA) is 74.6 Å². The Bertz CT molecular complexity index is 499. The second kappa shape index (κ2) is 30.9. The molecule has 0 aliphatic carbocycles. The summed E-state index contributed by atoms with van der Waals surface area (Å²) < 4.78 is 0. The van der Waals surface area contributed by atoms with Crippen LogP contribution in [-0.4, -0.2) is 22.2 Å². The second-order valence-corrected chi connectivity index (χ2v) is 12.7. The molecular formula is C36H70O4. The fraction of sp³-hybridized carbons (Fsp3) is 0.944. The van der Waals surface area contributed by atoms with E-state index in [9.17, 15) is 9.59 Å². The molecule has 0 unspecified atom stereocenters. The van der Waals surface area contributed by atoms with Gasteiger partial charge < -0.3 is 10.2 Å². The molecule has 0 fully saturated rings. The summed E-state index contributed by atoms with van der Waals surface area (Å²) in [6, 6.07) is 0. The van der Waals surface area contributed by atoms with E-state index in [-0.39, 0.29) is 0 Å². The minimum Gasteiger partial charge on any atom is -0.481 e. The molecule has 0 spiro atoms. The van der Waals surface area contributed by atoms with Crippen LogP contribution in [0.2, 0.25) is 0 Å². The Morgan fingerprint density at radius 1 is 0.375 bits per heavy atom. The third-order valence-electron chi connectivity index (χ3n) is 8.95. The van der Waals surface area contributed by atoms with Crippen LogP contribution in [-0.2, 0) is 9.59 Å². The lowest BCUT2D eigenvalue weighted by Crippen LogP contribution is -2.16. The maximum Gasteiger partial charge on any atom is 0.303 e. The van der Waals surface area contributed by atoms with Crippen molar-refractivity contribution < 1.29 is 19.8 Å². The molecule has 0 aromatic rings. The van der Waals surface area contributed by atoms with Crippen molar-refractivity contribution in [1.82, 2.24) is 0 Å². The van der Waals surface area contributed by atoms with Crippen LogP contribution in [0.3, 0.4) is 0 Å². The number of hydrogen-bond acceptors (Lipinski definition) is 2. The van der Waals surface area contributed by atoms with Gasteiger partial charge in [0.05, 0.1) is 0 Å². The van der Waals surface area contributed by atoms with Gasteiger partial charge >= 0.3 is 11.9 Å². The van der Waals surface area contributed by atoms with Crippen LogP contribution in [0.25, 0.3) is 0 Å². The Hall–Kier alpha value is -1.06. The van der Waals surface area contributed by atoms with Gasteiger partial charge in [0.15, 0.2) is 0 Å². The summed E-state index contributed by atoms with van der Waals surface area (Å²) in [6.45, 7) is 4.59. The summed E-state index contributed by atoms with van der Waals surface area (Å²) >= 11 is 0. The molecule has 4 nitrogen and oxygen atoms in total. The van der Waals surface area contributed by atoms with Crippen molar-refractivity contribution in [1.29, 1.82) is 0 Å². The second-order valence-electron chi connectivity index (χ2n) is 12.7. The van der Waals surface area contributed by atoms with E-state index in [1.807, 2.05) is 0 Å². The van der Waals surface area contributed by atoms with Gasteiger partial charge in [-0.3, -0.25) is 9.59 Å². The molecule has 0 radical (unpaired) electrons. The average molecular weight is 567 g/mol. The molecule has 2 atom stereocenters. The zero-order valence-electron chi connectivity index (χ0n) is 27.1. The predicted octanol–water partition coefficient (Wildman–Crippen LogP) is 12.1. The van der Waals surface area contributed by atoms with E-state index in [2.05, 4.69) is 13.8 Å². The van der Waals surface area contributed by atoms with Crippen LogP contribution >= 0.6 is 0 Å². The van der Waals surface area contributed by atoms with Crippen LogP contribution in [0, 0.1) is 11.8 Å². The molecule has 40 heavy (non-hydrogen) atoms. The number of hydrogen-bond donors (Lipinski definition) is 2. The fourth-order valence-electron chi connectivity index (χ4n) is 6.38. The quantitative estimate of drug-likeness (QED) is 0.0775. The predicted molar refractivity (Wildman–Crippen MR) is 172 cm³/mol. The summed E-state index contributed by atoms with van der Waals surface area (Å²) in [6.07, 6.45) is 36.8. The Morgan fingerprint density at radius 3 is 0.850 bits per heavy atom. The molecule has 0 aliphatic rings. The Kier molecular flexibility index (Phi) is 30.1. The molecule has 0 heterocycles. The molecule has 238 valence electrons. The lowest BCUT2D eigenvalue weighted by Gasteiger charge is -2.28. The lowest BCUT2D eigenvalue weighted by molar-refractivity contribution is -0.138. The first kappa shape index (κ1) is 38.9. The van der Waals surface area contributed by atoms with E-state index in [1.54, 1.807) is 0 Å². The molecule has 4 heteroatoms. The Labute approximate surface area is 249 Å². The van der Waals surface area contributed by atoms with Gasteiger partial charge in [0.25, 0.3) is 0 Å². The van der Waals surface area contributed by atoms with Crippen LogP contribution in [0.4, 0.5) is 0 Å². The first-order valence-electron chi connectivity index (χ1n) is 17.9. The fourth-order valence-corrected chi connectivity index (χ4v) is 6.38. The molecule has 0 aromatic heterocycles. The number of aliphatic carboxylic acids is 2. The molecule has 0 aliphatic heterocycles. The maximum atomic E-state index is 10.7. The minimum absolute atomic E-state index is 0.322. The highest BCUT2D eigenvalue weighted by Crippen LogP contribution is 2.33. The number of carboxylic acids is 2. The van der Waals surface area contributed by atoms with E-state index in [0.717, 1.165) is 37.5 Å². The molecule has 0 aromatic carbocycles. The number of rotatable bonds is 33. The van der Waals surface area contributed by atoms with Crippen molar-refractivity contribution in [3.8, 4) is 0 Å². The highest BCUT2D eigenvalue weighted by Gasteiger charge is 2.20. The molecule has 0 bridgehead atoms. The van der Waals surface area contributed by atoms with Crippen molar-refractivity contribution in [3.05, 3.63) is 0 Å². The maximum absolute atomic E-state index is 10.7. The van der Waals surface area contributed by atoms with Crippen molar-refractivity contribution in [2.75, 3.05) is 0 Å². The number of carboxylic acid groups (broad SMARTS) is 2. The standard InChI is InChI=1S/C36H70O4/c1-3-5-7-9-15-21-27-33(29-23-17-11-13-19-25-31-35(37)38)34(28-22-16-10-8-6-4-2)30-24-18-12-14-20-26-32-36(39)40/h33-34H,3-32H2,1-2H3,(H,37,38)(H,39,40)/t33-,34-/m1/s1. The van der Waals surface area contributed by atoms with Crippen LogP contribution in [0.5, 0.6) is 0 Å². The third-order valence-corrected chi connectivity index (χ3v) is 8.95. The Morgan fingerprint density at radius 2 is 0.600 bits per heavy atom. The zero-order chi connectivity index (χ0) is 29.5. The van der Waals surface area contributed by atoms with Gasteiger partial charge in [0.1, 0.15) is 0 Å². The van der Waals surface area contributed by atoms with Crippen molar-refractivity contribution >= 4 is 11.9 Å². The van der Waals surface area contributed by atoms with Crippen molar-refractivity contribution in [2.24, 2.45) is 11.8 Å². The van der Waals surface area contributed by atoms with Crippen LogP contribution in [0.1, 0.15) is 206 Å². The van der Waals surface area contributed by atoms with E-state index < -0.39 is 11.9 Å². The molecule has 0 saturated carbocycles. The average Bonchev–Trinajstić information content (AvgIpc) is 2.92. The largest absolute Gasteiger partial charge is 0.481 e. The molecule has 0 saturated heterocycles. The number of unbranched alkanes of at least 4 members (excludes halogenated alkanes) is 20. The SMILES string of the molecule is CCCCCCCC[C@H](CCCCCCCCC(=O)O)[C@H](CCCCCCCC)CCCCCCCCC(=O)O. The van der Waals surface area contributed by atoms with E-state index >= 15 is 0 Å². The van der Waals surface area contributed by atoms with Gasteiger partial charge in [0, 0.05) is 12.8 Å². The highest BCUT2D eigenvalue weighted by molar-refractivity contribution is 5.66. The molecular weight excluding hydrogens is 496 g/mol. The molecule has 2 N–H and O–H groups in total. The summed E-state index contributed by atoms with van der Waals surface area (Å²) in [5.41, 5.74) is 0. The van der Waals surface area contributed by atoms with E-state index in [0.29, 0.717) is 12.8 Å². The van der Waals surface area contributed by atoms with E-state index in [1.165, 1.54) is 154 Å². The lowest BCUT2D eigenvalue weighted by atomic mass is 9.78. The van der Waals surface area contributed by atoms with Gasteiger partial charge in [-0.15, -0.1) is 0 Å². The van der Waals surface area contributed by atoms with Crippen molar-refractivity contribution in [2.45, 2.75) is 206 Å². The smallest absolute Gasteiger partial charge is 0.303 e. The van der Waals surface area contributed by atoms with Gasteiger partial charge in [-0.05, 0) is 24.7 Å². The minimum atomic E-state index is -0.660. The summed E-state index contributed by atoms with van der Waals surface area (Å²) in [7, 11) is 0. The molecule has 0 rings (SSSR count). The van der Waals surface area contributed by atoms with Gasteiger partial charge in [0.2, 0.25) is 0 Å². The van der Waals surface area contributed by atoms with Gasteiger partial charge in [-0.2, -0.15) is 0 Å². The summed E-state index contributed by atoms with van der Waals surface area (Å²) in [5.74, 6) is 0.438. The Balaban J connectivity index is 4.73.